The van der Waals surface area contributed by atoms with Gasteiger partial charge in [0.15, 0.2) is 5.37 Å². The molecule has 1 aliphatic heterocycles. The highest BCUT2D eigenvalue weighted by Gasteiger charge is 2.45. The van der Waals surface area contributed by atoms with Gasteiger partial charge in [0.05, 0.1) is 5.69 Å². The maximum Gasteiger partial charge on any atom is 0.295 e. The van der Waals surface area contributed by atoms with Gasteiger partial charge in [-0.1, -0.05) is 35.4 Å². The summed E-state index contributed by atoms with van der Waals surface area (Å²) in [4.78, 5) is 40.0. The van der Waals surface area contributed by atoms with E-state index in [1.165, 1.54) is 11.8 Å². The van der Waals surface area contributed by atoms with Crippen LogP contribution in [0.4, 0.5) is 16.2 Å². The summed E-state index contributed by atoms with van der Waals surface area (Å²) in [6, 6.07) is 14.5. The number of anilines is 2. The lowest BCUT2D eigenvalue weighted by Crippen LogP contribution is -2.44. The zero-order valence-corrected chi connectivity index (χ0v) is 15.0. The van der Waals surface area contributed by atoms with Crippen LogP contribution in [0.1, 0.15) is 18.1 Å². The summed E-state index contributed by atoms with van der Waals surface area (Å²) >= 11 is 0.859. The molecule has 5 nitrogen and oxygen atoms in total. The van der Waals surface area contributed by atoms with Crippen molar-refractivity contribution in [3.63, 3.8) is 0 Å². The molecule has 0 aromatic heterocycles. The van der Waals surface area contributed by atoms with Crippen molar-refractivity contribution in [3.05, 3.63) is 59.7 Å². The summed E-state index contributed by atoms with van der Waals surface area (Å²) in [6.07, 6.45) is 0. The van der Waals surface area contributed by atoms with Gasteiger partial charge in [0, 0.05) is 12.6 Å². The molecule has 25 heavy (non-hydrogen) atoms. The highest BCUT2D eigenvalue weighted by Crippen LogP contribution is 2.36. The highest BCUT2D eigenvalue weighted by atomic mass is 32.2. The van der Waals surface area contributed by atoms with Gasteiger partial charge in [0.25, 0.3) is 11.1 Å². The van der Waals surface area contributed by atoms with Gasteiger partial charge in [-0.05, 0) is 49.9 Å². The first-order valence-corrected chi connectivity index (χ1v) is 8.74. The maximum absolute atomic E-state index is 12.9. The minimum atomic E-state index is -0.894. The monoisotopic (exact) mass is 354 g/mol. The largest absolute Gasteiger partial charge is 0.295 e. The normalized spacial score (nSPS) is 17.1. The van der Waals surface area contributed by atoms with Gasteiger partial charge in [-0.25, -0.2) is 4.90 Å². The van der Waals surface area contributed by atoms with Crippen molar-refractivity contribution in [2.45, 2.75) is 26.1 Å². The Hall–Kier alpha value is -2.60. The second-order valence-corrected chi connectivity index (χ2v) is 7.00. The molecule has 0 saturated carbocycles. The zero-order chi connectivity index (χ0) is 18.1. The predicted octanol–water partition coefficient (Wildman–Crippen LogP) is 3.88. The molecule has 1 aliphatic rings. The van der Waals surface area contributed by atoms with Crippen molar-refractivity contribution in [2.24, 2.45) is 0 Å². The van der Waals surface area contributed by atoms with Crippen molar-refractivity contribution < 1.29 is 14.4 Å². The molecule has 1 heterocycles. The number of hydrogen-bond donors (Lipinski definition) is 0. The summed E-state index contributed by atoms with van der Waals surface area (Å²) in [5.41, 5.74) is 3.21. The van der Waals surface area contributed by atoms with E-state index in [1.807, 2.05) is 38.1 Å². The molecular weight excluding hydrogens is 336 g/mol. The van der Waals surface area contributed by atoms with Crippen LogP contribution in [0, 0.1) is 13.8 Å². The molecule has 6 heteroatoms. The van der Waals surface area contributed by atoms with Gasteiger partial charge in [-0.2, -0.15) is 0 Å². The lowest BCUT2D eigenvalue weighted by Gasteiger charge is -2.25. The van der Waals surface area contributed by atoms with Crippen molar-refractivity contribution in [1.29, 1.82) is 0 Å². The number of rotatable bonds is 3. The Morgan fingerprint density at radius 1 is 0.960 bits per heavy atom. The Balaban J connectivity index is 1.95. The molecule has 0 N–H and O–H groups in total. The third-order valence-corrected chi connectivity index (χ3v) is 5.02. The SMILES string of the molecule is CC(=O)N(c1ccc(C)cc1)C1SC(=O)N(c2ccc(C)cc2)C1=O. The molecule has 3 amide bonds. The fraction of sp³-hybridized carbons (Fsp3) is 0.211. The average molecular weight is 354 g/mol. The van der Waals surface area contributed by atoms with Crippen LogP contribution in [-0.2, 0) is 9.59 Å². The van der Waals surface area contributed by atoms with Crippen molar-refractivity contribution in [1.82, 2.24) is 0 Å². The van der Waals surface area contributed by atoms with E-state index in [0.29, 0.717) is 11.4 Å². The summed E-state index contributed by atoms with van der Waals surface area (Å²) < 4.78 is 0. The number of carbonyl (C=O) groups is 3. The van der Waals surface area contributed by atoms with Gasteiger partial charge >= 0.3 is 0 Å². The first kappa shape index (κ1) is 17.2. The van der Waals surface area contributed by atoms with Crippen LogP contribution in [0.15, 0.2) is 48.5 Å². The molecular formula is C19H18N2O3S. The molecule has 2 aromatic carbocycles. The van der Waals surface area contributed by atoms with E-state index < -0.39 is 11.3 Å². The van der Waals surface area contributed by atoms with E-state index >= 15 is 0 Å². The van der Waals surface area contributed by atoms with Gasteiger partial charge in [0.2, 0.25) is 5.91 Å². The number of carbonyl (C=O) groups excluding carboxylic acids is 3. The van der Waals surface area contributed by atoms with Gasteiger partial charge in [-0.3, -0.25) is 19.3 Å². The van der Waals surface area contributed by atoms with E-state index in [-0.39, 0.29) is 11.1 Å². The Kier molecular flexibility index (Phi) is 4.63. The standard InChI is InChI=1S/C19H18N2O3S/c1-12-4-8-15(9-5-12)20(14(3)22)18-17(23)21(19(24)25-18)16-10-6-13(2)7-11-16/h4-11,18H,1-3H3. The number of amides is 3. The van der Waals surface area contributed by atoms with E-state index in [0.717, 1.165) is 27.8 Å². The summed E-state index contributed by atoms with van der Waals surface area (Å²) in [5.74, 6) is -0.692. The topological polar surface area (TPSA) is 57.7 Å². The van der Waals surface area contributed by atoms with Crippen LogP contribution < -0.4 is 9.80 Å². The van der Waals surface area contributed by atoms with Crippen LogP contribution in [0.5, 0.6) is 0 Å². The Morgan fingerprint density at radius 3 is 2.00 bits per heavy atom. The lowest BCUT2D eigenvalue weighted by molar-refractivity contribution is -0.121. The third kappa shape index (κ3) is 3.30. The minimum absolute atomic E-state index is 0.284. The van der Waals surface area contributed by atoms with E-state index in [1.54, 1.807) is 24.3 Å². The minimum Gasteiger partial charge on any atom is -0.290 e. The van der Waals surface area contributed by atoms with Crippen LogP contribution in [0.25, 0.3) is 0 Å². The van der Waals surface area contributed by atoms with Crippen molar-refractivity contribution in [3.8, 4) is 0 Å². The first-order valence-electron chi connectivity index (χ1n) is 7.86. The number of aryl methyl sites for hydroxylation is 2. The number of imide groups is 1. The fourth-order valence-electron chi connectivity index (χ4n) is 2.68. The predicted molar refractivity (Wildman–Crippen MR) is 99.8 cm³/mol. The van der Waals surface area contributed by atoms with Gasteiger partial charge < -0.3 is 0 Å². The summed E-state index contributed by atoms with van der Waals surface area (Å²) in [5, 5.41) is -1.27. The number of thioether (sulfide) groups is 1. The average Bonchev–Trinajstić information content (AvgIpc) is 2.85. The maximum atomic E-state index is 12.9. The summed E-state index contributed by atoms with van der Waals surface area (Å²) in [7, 11) is 0. The molecule has 1 saturated heterocycles. The second kappa shape index (κ2) is 6.72. The van der Waals surface area contributed by atoms with E-state index in [4.69, 9.17) is 0 Å². The molecule has 128 valence electrons. The quantitative estimate of drug-likeness (QED) is 0.839. The zero-order valence-electron chi connectivity index (χ0n) is 14.2. The highest BCUT2D eigenvalue weighted by molar-refractivity contribution is 8.16. The molecule has 1 atom stereocenters. The second-order valence-electron chi connectivity index (χ2n) is 5.97. The van der Waals surface area contributed by atoms with Crippen LogP contribution >= 0.6 is 11.8 Å². The smallest absolute Gasteiger partial charge is 0.290 e. The van der Waals surface area contributed by atoms with Crippen LogP contribution in [0.2, 0.25) is 0 Å². The Labute approximate surface area is 150 Å². The van der Waals surface area contributed by atoms with Gasteiger partial charge in [0.1, 0.15) is 0 Å². The van der Waals surface area contributed by atoms with E-state index in [2.05, 4.69) is 0 Å². The molecule has 2 aromatic rings. The first-order chi connectivity index (χ1) is 11.9. The molecule has 0 radical (unpaired) electrons. The van der Waals surface area contributed by atoms with E-state index in [9.17, 15) is 14.4 Å². The number of hydrogen-bond acceptors (Lipinski definition) is 4. The Bertz CT molecular complexity index is 831. The van der Waals surface area contributed by atoms with Crippen LogP contribution in [0.3, 0.4) is 0 Å². The number of nitrogens with zero attached hydrogens (tertiary/aromatic N) is 2. The summed E-state index contributed by atoms with van der Waals surface area (Å²) in [6.45, 7) is 5.27. The molecule has 0 spiro atoms. The molecule has 1 unspecified atom stereocenters. The van der Waals surface area contributed by atoms with Crippen molar-refractivity contribution in [2.75, 3.05) is 9.80 Å². The molecule has 0 bridgehead atoms. The fourth-order valence-corrected chi connectivity index (χ4v) is 3.75. The van der Waals surface area contributed by atoms with Crippen LogP contribution in [-0.4, -0.2) is 22.4 Å². The lowest BCUT2D eigenvalue weighted by atomic mass is 10.2. The molecule has 0 aliphatic carbocycles. The Morgan fingerprint density at radius 2 is 1.48 bits per heavy atom. The molecule has 3 rings (SSSR count). The third-order valence-electron chi connectivity index (χ3n) is 4.00. The van der Waals surface area contributed by atoms with Crippen molar-refractivity contribution >= 4 is 40.2 Å². The van der Waals surface area contributed by atoms with Gasteiger partial charge in [-0.15, -0.1) is 0 Å². The molecule has 1 fully saturated rings. The number of benzene rings is 2.